The SMILES string of the molecule is COC(=O)[C@@H](NC(=O)CNCC(=O)NCC(=O)c1ccc(Br)cc1)C(C)C. The average molecular weight is 442 g/mol. The highest BCUT2D eigenvalue weighted by atomic mass is 79.9. The molecule has 9 heteroatoms. The van der Waals surface area contributed by atoms with E-state index in [9.17, 15) is 19.2 Å². The first-order valence-electron chi connectivity index (χ1n) is 8.38. The molecule has 1 aromatic rings. The molecule has 1 atom stereocenters. The van der Waals surface area contributed by atoms with E-state index in [-0.39, 0.29) is 31.3 Å². The third-order valence-electron chi connectivity index (χ3n) is 3.62. The number of Topliss-reactive ketones (excluding diaryl/α,β-unsaturated/α-hetero) is 1. The van der Waals surface area contributed by atoms with Crippen LogP contribution in [0.5, 0.6) is 0 Å². The van der Waals surface area contributed by atoms with E-state index in [1.54, 1.807) is 38.1 Å². The number of halogens is 1. The van der Waals surface area contributed by atoms with Crippen molar-refractivity contribution in [2.24, 2.45) is 5.92 Å². The zero-order chi connectivity index (χ0) is 20.4. The molecule has 0 radical (unpaired) electrons. The number of hydrogen-bond acceptors (Lipinski definition) is 6. The van der Waals surface area contributed by atoms with Gasteiger partial charge in [0.1, 0.15) is 6.04 Å². The van der Waals surface area contributed by atoms with Gasteiger partial charge in [0.15, 0.2) is 5.78 Å². The number of rotatable bonds is 10. The van der Waals surface area contributed by atoms with Crippen molar-refractivity contribution in [1.82, 2.24) is 16.0 Å². The molecule has 0 heterocycles. The highest BCUT2D eigenvalue weighted by molar-refractivity contribution is 9.10. The molecule has 1 aromatic carbocycles. The van der Waals surface area contributed by atoms with Crippen molar-refractivity contribution in [1.29, 1.82) is 0 Å². The van der Waals surface area contributed by atoms with Gasteiger partial charge in [-0.3, -0.25) is 19.7 Å². The maximum Gasteiger partial charge on any atom is 0.328 e. The molecule has 0 aliphatic rings. The monoisotopic (exact) mass is 441 g/mol. The molecule has 0 saturated carbocycles. The largest absolute Gasteiger partial charge is 0.467 e. The Morgan fingerprint density at radius 3 is 2.15 bits per heavy atom. The number of esters is 1. The first-order chi connectivity index (χ1) is 12.7. The highest BCUT2D eigenvalue weighted by Gasteiger charge is 2.24. The smallest absolute Gasteiger partial charge is 0.328 e. The predicted octanol–water partition coefficient (Wildman–Crippen LogP) is 0.651. The Balaban J connectivity index is 2.31. The number of benzene rings is 1. The summed E-state index contributed by atoms with van der Waals surface area (Å²) in [6, 6.07) is 6.06. The summed E-state index contributed by atoms with van der Waals surface area (Å²) >= 11 is 3.28. The molecule has 0 saturated heterocycles. The summed E-state index contributed by atoms with van der Waals surface area (Å²) in [7, 11) is 1.25. The lowest BCUT2D eigenvalue weighted by molar-refractivity contribution is -0.146. The number of methoxy groups -OCH3 is 1. The summed E-state index contributed by atoms with van der Waals surface area (Å²) in [5.74, 6) is -1.72. The van der Waals surface area contributed by atoms with Crippen LogP contribution in [0.4, 0.5) is 0 Å². The van der Waals surface area contributed by atoms with E-state index in [1.165, 1.54) is 7.11 Å². The molecule has 0 unspecified atom stereocenters. The molecule has 0 aliphatic heterocycles. The molecule has 0 aliphatic carbocycles. The van der Waals surface area contributed by atoms with Gasteiger partial charge in [0.2, 0.25) is 11.8 Å². The summed E-state index contributed by atoms with van der Waals surface area (Å²) in [5, 5.41) is 7.70. The van der Waals surface area contributed by atoms with E-state index in [0.717, 1.165) is 4.47 Å². The van der Waals surface area contributed by atoms with Crippen molar-refractivity contribution in [2.75, 3.05) is 26.7 Å². The maximum atomic E-state index is 12.0. The van der Waals surface area contributed by atoms with Gasteiger partial charge in [-0.2, -0.15) is 0 Å². The van der Waals surface area contributed by atoms with E-state index in [2.05, 4.69) is 36.6 Å². The summed E-state index contributed by atoms with van der Waals surface area (Å²) in [5.41, 5.74) is 0.494. The summed E-state index contributed by atoms with van der Waals surface area (Å²) in [6.45, 7) is 3.16. The van der Waals surface area contributed by atoms with Crippen LogP contribution in [0.25, 0.3) is 0 Å². The van der Waals surface area contributed by atoms with Crippen molar-refractivity contribution in [3.63, 3.8) is 0 Å². The topological polar surface area (TPSA) is 114 Å². The standard InChI is InChI=1S/C18H24BrN3O5/c1-11(2)17(18(26)27-3)22-16(25)10-20-9-15(24)21-8-14(23)12-4-6-13(19)7-5-12/h4-7,11,17,20H,8-10H2,1-3H3,(H,21,24)(H,22,25)/t17-/m0/s1. The minimum absolute atomic E-state index is 0.130. The van der Waals surface area contributed by atoms with Gasteiger partial charge in [-0.1, -0.05) is 41.9 Å². The van der Waals surface area contributed by atoms with E-state index in [1.807, 2.05) is 0 Å². The van der Waals surface area contributed by atoms with E-state index in [0.29, 0.717) is 5.56 Å². The van der Waals surface area contributed by atoms with Crippen LogP contribution in [0.15, 0.2) is 28.7 Å². The van der Waals surface area contributed by atoms with Crippen molar-refractivity contribution < 1.29 is 23.9 Å². The molecule has 148 valence electrons. The number of ether oxygens (including phenoxy) is 1. The maximum absolute atomic E-state index is 12.0. The molecular weight excluding hydrogens is 418 g/mol. The number of hydrogen-bond donors (Lipinski definition) is 3. The van der Waals surface area contributed by atoms with Gasteiger partial charge in [0.25, 0.3) is 0 Å². The van der Waals surface area contributed by atoms with Gasteiger partial charge in [-0.25, -0.2) is 4.79 Å². The van der Waals surface area contributed by atoms with Gasteiger partial charge in [-0.15, -0.1) is 0 Å². The van der Waals surface area contributed by atoms with Crippen molar-refractivity contribution in [2.45, 2.75) is 19.9 Å². The first-order valence-corrected chi connectivity index (χ1v) is 9.17. The van der Waals surface area contributed by atoms with Crippen LogP contribution in [0.3, 0.4) is 0 Å². The fourth-order valence-corrected chi connectivity index (χ4v) is 2.38. The van der Waals surface area contributed by atoms with Crippen LogP contribution in [-0.2, 0) is 19.1 Å². The zero-order valence-corrected chi connectivity index (χ0v) is 17.1. The average Bonchev–Trinajstić information content (AvgIpc) is 2.63. The Morgan fingerprint density at radius 1 is 1.00 bits per heavy atom. The molecule has 3 N–H and O–H groups in total. The Labute approximate surface area is 166 Å². The third kappa shape index (κ3) is 8.31. The summed E-state index contributed by atoms with van der Waals surface area (Å²) < 4.78 is 5.50. The molecule has 0 spiro atoms. The second-order valence-electron chi connectivity index (χ2n) is 6.12. The Bertz CT molecular complexity index is 676. The van der Waals surface area contributed by atoms with Crippen LogP contribution in [0.2, 0.25) is 0 Å². The van der Waals surface area contributed by atoms with Crippen LogP contribution in [0, 0.1) is 5.92 Å². The number of carbonyl (C=O) groups excluding carboxylic acids is 4. The summed E-state index contributed by atoms with van der Waals surface area (Å²) in [6.07, 6.45) is 0. The number of nitrogens with one attached hydrogen (secondary N) is 3. The molecule has 8 nitrogen and oxygen atoms in total. The Morgan fingerprint density at radius 2 is 1.59 bits per heavy atom. The fraction of sp³-hybridized carbons (Fsp3) is 0.444. The van der Waals surface area contributed by atoms with Crippen molar-refractivity contribution in [3.8, 4) is 0 Å². The zero-order valence-electron chi connectivity index (χ0n) is 15.5. The van der Waals surface area contributed by atoms with E-state index >= 15 is 0 Å². The van der Waals surface area contributed by atoms with Gasteiger partial charge in [-0.05, 0) is 18.1 Å². The lowest BCUT2D eigenvalue weighted by atomic mass is 10.0. The molecule has 2 amide bonds. The van der Waals surface area contributed by atoms with Gasteiger partial charge >= 0.3 is 5.97 Å². The molecule has 0 bridgehead atoms. The van der Waals surface area contributed by atoms with Gasteiger partial charge in [0.05, 0.1) is 26.7 Å². The molecule has 0 fully saturated rings. The van der Waals surface area contributed by atoms with Crippen molar-refractivity contribution >= 4 is 39.5 Å². The second kappa shape index (κ2) is 11.5. The number of amides is 2. The second-order valence-corrected chi connectivity index (χ2v) is 7.04. The van der Waals surface area contributed by atoms with E-state index < -0.39 is 23.8 Å². The molecule has 1 rings (SSSR count). The summed E-state index contributed by atoms with van der Waals surface area (Å²) in [4.78, 5) is 47.2. The predicted molar refractivity (Wildman–Crippen MR) is 103 cm³/mol. The van der Waals surface area contributed by atoms with Crippen molar-refractivity contribution in [3.05, 3.63) is 34.3 Å². The van der Waals surface area contributed by atoms with Crippen LogP contribution >= 0.6 is 15.9 Å². The first kappa shape index (κ1) is 22.8. The normalized spacial score (nSPS) is 11.6. The Hall–Kier alpha value is -2.26. The van der Waals surface area contributed by atoms with Crippen LogP contribution < -0.4 is 16.0 Å². The highest BCUT2D eigenvalue weighted by Crippen LogP contribution is 2.10. The minimum atomic E-state index is -0.748. The van der Waals surface area contributed by atoms with E-state index in [4.69, 9.17) is 0 Å². The minimum Gasteiger partial charge on any atom is -0.467 e. The number of ketones is 1. The molecule has 27 heavy (non-hydrogen) atoms. The van der Waals surface area contributed by atoms with Crippen LogP contribution in [-0.4, -0.2) is 56.4 Å². The lowest BCUT2D eigenvalue weighted by Crippen LogP contribution is -2.48. The van der Waals surface area contributed by atoms with Crippen LogP contribution in [0.1, 0.15) is 24.2 Å². The molecular formula is C18H24BrN3O5. The quantitative estimate of drug-likeness (QED) is 0.362. The Kier molecular flexibility index (Phi) is 9.66. The molecule has 0 aromatic heterocycles. The lowest BCUT2D eigenvalue weighted by Gasteiger charge is -2.19. The van der Waals surface area contributed by atoms with Gasteiger partial charge < -0.3 is 15.4 Å². The number of carbonyl (C=O) groups is 4. The fourth-order valence-electron chi connectivity index (χ4n) is 2.12. The third-order valence-corrected chi connectivity index (χ3v) is 4.15. The van der Waals surface area contributed by atoms with Gasteiger partial charge in [0, 0.05) is 10.0 Å².